The zero-order valence-corrected chi connectivity index (χ0v) is 15.0. The number of para-hydroxylation sites is 1. The number of hydrogen-bond acceptors (Lipinski definition) is 5. The molecule has 0 aliphatic rings. The van der Waals surface area contributed by atoms with Crippen molar-refractivity contribution in [1.82, 2.24) is 0 Å². The Kier molecular flexibility index (Phi) is 5.07. The van der Waals surface area contributed by atoms with Crippen molar-refractivity contribution in [1.29, 1.82) is 0 Å². The number of benzene rings is 2. The van der Waals surface area contributed by atoms with Crippen LogP contribution in [0, 0.1) is 20.8 Å². The molecule has 5 nitrogen and oxygen atoms in total. The van der Waals surface area contributed by atoms with Gasteiger partial charge in [-0.15, -0.1) is 0 Å². The predicted molar refractivity (Wildman–Crippen MR) is 98.4 cm³/mol. The summed E-state index contributed by atoms with van der Waals surface area (Å²) in [5.41, 5.74) is 3.52. The first-order chi connectivity index (χ1) is 12.4. The molecule has 134 valence electrons. The molecule has 0 aliphatic heterocycles. The van der Waals surface area contributed by atoms with Crippen LogP contribution in [0.25, 0.3) is 11.0 Å². The number of fused-ring (bicyclic) bond motifs is 1. The molecule has 0 atom stereocenters. The molecular weight excluding hydrogens is 332 g/mol. The van der Waals surface area contributed by atoms with Gasteiger partial charge in [0, 0.05) is 17.0 Å². The summed E-state index contributed by atoms with van der Waals surface area (Å²) in [6, 6.07) is 12.7. The van der Waals surface area contributed by atoms with Crippen molar-refractivity contribution in [3.8, 4) is 5.75 Å². The van der Waals surface area contributed by atoms with E-state index in [-0.39, 0.29) is 13.2 Å². The Morgan fingerprint density at radius 2 is 1.77 bits per heavy atom. The van der Waals surface area contributed by atoms with Crippen LogP contribution in [0.15, 0.2) is 51.7 Å². The highest BCUT2D eigenvalue weighted by Gasteiger charge is 2.11. The standard InChI is InChI=1S/C21H20O5/c1-13-7-8-17-16(10-19(22)26-18(17)9-13)11-24-20(23)12-25-21-14(2)5-4-6-15(21)3/h4-10H,11-12H2,1-3H3. The summed E-state index contributed by atoms with van der Waals surface area (Å²) in [4.78, 5) is 23.8. The van der Waals surface area contributed by atoms with Gasteiger partial charge in [0.15, 0.2) is 6.61 Å². The molecule has 3 aromatic rings. The number of carbonyl (C=O) groups excluding carboxylic acids is 1. The van der Waals surface area contributed by atoms with E-state index < -0.39 is 11.6 Å². The van der Waals surface area contributed by atoms with Gasteiger partial charge in [-0.2, -0.15) is 0 Å². The van der Waals surface area contributed by atoms with Crippen LogP contribution < -0.4 is 10.4 Å². The van der Waals surface area contributed by atoms with Gasteiger partial charge in [-0.3, -0.25) is 0 Å². The number of esters is 1. The fourth-order valence-electron chi connectivity index (χ4n) is 2.81. The molecule has 0 radical (unpaired) electrons. The lowest BCUT2D eigenvalue weighted by Crippen LogP contribution is -2.16. The van der Waals surface area contributed by atoms with Gasteiger partial charge in [-0.1, -0.05) is 30.3 Å². The third-order valence-electron chi connectivity index (χ3n) is 4.12. The summed E-state index contributed by atoms with van der Waals surface area (Å²) >= 11 is 0. The maximum Gasteiger partial charge on any atom is 0.344 e. The maximum absolute atomic E-state index is 12.0. The average Bonchev–Trinajstić information content (AvgIpc) is 2.58. The van der Waals surface area contributed by atoms with Gasteiger partial charge < -0.3 is 13.9 Å². The van der Waals surface area contributed by atoms with Gasteiger partial charge in [0.25, 0.3) is 0 Å². The largest absolute Gasteiger partial charge is 0.481 e. The third-order valence-corrected chi connectivity index (χ3v) is 4.12. The second-order valence-electron chi connectivity index (χ2n) is 6.26. The Labute approximate surface area is 151 Å². The topological polar surface area (TPSA) is 65.7 Å². The highest BCUT2D eigenvalue weighted by molar-refractivity contribution is 5.81. The molecule has 0 saturated carbocycles. The second-order valence-corrected chi connectivity index (χ2v) is 6.26. The second kappa shape index (κ2) is 7.44. The van der Waals surface area contributed by atoms with E-state index in [2.05, 4.69) is 0 Å². The number of carbonyl (C=O) groups is 1. The summed E-state index contributed by atoms with van der Waals surface area (Å²) in [5.74, 6) is 0.187. The van der Waals surface area contributed by atoms with Gasteiger partial charge in [0.2, 0.25) is 0 Å². The summed E-state index contributed by atoms with van der Waals surface area (Å²) in [7, 11) is 0. The van der Waals surface area contributed by atoms with Crippen molar-refractivity contribution in [2.24, 2.45) is 0 Å². The molecular formula is C21H20O5. The Bertz CT molecular complexity index is 996. The summed E-state index contributed by atoms with van der Waals surface area (Å²) < 4.78 is 16.1. The maximum atomic E-state index is 12.0. The van der Waals surface area contributed by atoms with Crippen LogP contribution in [-0.4, -0.2) is 12.6 Å². The molecule has 1 heterocycles. The van der Waals surface area contributed by atoms with E-state index >= 15 is 0 Å². The van der Waals surface area contributed by atoms with E-state index in [0.29, 0.717) is 16.9 Å². The molecule has 2 aromatic carbocycles. The van der Waals surface area contributed by atoms with Crippen LogP contribution in [0.2, 0.25) is 0 Å². The minimum atomic E-state index is -0.499. The first kappa shape index (κ1) is 17.7. The van der Waals surface area contributed by atoms with Crippen molar-refractivity contribution < 1.29 is 18.7 Å². The molecule has 0 N–H and O–H groups in total. The van der Waals surface area contributed by atoms with Gasteiger partial charge in [-0.05, 0) is 43.5 Å². The highest BCUT2D eigenvalue weighted by atomic mass is 16.6. The number of rotatable bonds is 5. The fourth-order valence-corrected chi connectivity index (χ4v) is 2.81. The predicted octanol–water partition coefficient (Wildman–Crippen LogP) is 3.84. The van der Waals surface area contributed by atoms with Crippen LogP contribution >= 0.6 is 0 Å². The zero-order valence-electron chi connectivity index (χ0n) is 15.0. The molecule has 0 spiro atoms. The summed E-state index contributed by atoms with van der Waals surface area (Å²) in [6.07, 6.45) is 0. The van der Waals surface area contributed by atoms with E-state index in [4.69, 9.17) is 13.9 Å². The minimum absolute atomic E-state index is 0.0138. The quantitative estimate of drug-likeness (QED) is 0.516. The molecule has 0 unspecified atom stereocenters. The first-order valence-corrected chi connectivity index (χ1v) is 8.32. The van der Waals surface area contributed by atoms with Gasteiger partial charge in [0.1, 0.15) is 17.9 Å². The molecule has 5 heteroatoms. The number of hydrogen-bond donors (Lipinski definition) is 0. The van der Waals surface area contributed by atoms with Crippen LogP contribution in [0.1, 0.15) is 22.3 Å². The van der Waals surface area contributed by atoms with Crippen molar-refractivity contribution >= 4 is 16.9 Å². The van der Waals surface area contributed by atoms with Crippen molar-refractivity contribution in [2.45, 2.75) is 27.4 Å². The van der Waals surface area contributed by atoms with Crippen LogP contribution in [0.5, 0.6) is 5.75 Å². The van der Waals surface area contributed by atoms with Crippen LogP contribution in [0.4, 0.5) is 0 Å². The first-order valence-electron chi connectivity index (χ1n) is 8.32. The van der Waals surface area contributed by atoms with Gasteiger partial charge in [0.05, 0.1) is 0 Å². The highest BCUT2D eigenvalue weighted by Crippen LogP contribution is 2.22. The number of aryl methyl sites for hydroxylation is 3. The Morgan fingerprint density at radius 3 is 2.50 bits per heavy atom. The van der Waals surface area contributed by atoms with Gasteiger partial charge >= 0.3 is 11.6 Å². The smallest absolute Gasteiger partial charge is 0.344 e. The summed E-state index contributed by atoms with van der Waals surface area (Å²) in [5, 5.41) is 0.749. The van der Waals surface area contributed by atoms with Gasteiger partial charge in [-0.25, -0.2) is 9.59 Å². The lowest BCUT2D eigenvalue weighted by molar-refractivity contribution is -0.147. The van der Waals surface area contributed by atoms with Crippen molar-refractivity contribution in [3.63, 3.8) is 0 Å². The van der Waals surface area contributed by atoms with E-state index in [0.717, 1.165) is 22.1 Å². The Balaban J connectivity index is 1.68. The lowest BCUT2D eigenvalue weighted by Gasteiger charge is -2.12. The SMILES string of the molecule is Cc1ccc2c(COC(=O)COc3c(C)cccc3C)cc(=O)oc2c1. The van der Waals surface area contributed by atoms with Crippen LogP contribution in [0.3, 0.4) is 0 Å². The summed E-state index contributed by atoms with van der Waals surface area (Å²) in [6.45, 7) is 5.55. The molecule has 3 rings (SSSR count). The van der Waals surface area contributed by atoms with Crippen molar-refractivity contribution in [3.05, 3.63) is 75.1 Å². The monoisotopic (exact) mass is 352 g/mol. The average molecular weight is 352 g/mol. The van der Waals surface area contributed by atoms with E-state index in [9.17, 15) is 9.59 Å². The molecule has 26 heavy (non-hydrogen) atoms. The lowest BCUT2D eigenvalue weighted by atomic mass is 10.1. The number of ether oxygens (including phenoxy) is 2. The minimum Gasteiger partial charge on any atom is -0.481 e. The molecule has 0 bridgehead atoms. The molecule has 0 amide bonds. The zero-order chi connectivity index (χ0) is 18.7. The Morgan fingerprint density at radius 1 is 1.04 bits per heavy atom. The van der Waals surface area contributed by atoms with Crippen molar-refractivity contribution in [2.75, 3.05) is 6.61 Å². The third kappa shape index (κ3) is 3.94. The fraction of sp³-hybridized carbons (Fsp3) is 0.238. The van der Waals surface area contributed by atoms with E-state index in [1.807, 2.05) is 51.1 Å². The molecule has 1 aromatic heterocycles. The van der Waals surface area contributed by atoms with Crippen LogP contribution in [-0.2, 0) is 16.1 Å². The normalized spacial score (nSPS) is 10.7. The molecule has 0 saturated heterocycles. The van der Waals surface area contributed by atoms with E-state index in [1.165, 1.54) is 6.07 Å². The Hall–Kier alpha value is -3.08. The molecule has 0 fully saturated rings. The molecule has 0 aliphatic carbocycles. The van der Waals surface area contributed by atoms with E-state index in [1.54, 1.807) is 6.07 Å².